The average molecular weight is 294 g/mol. The van der Waals surface area contributed by atoms with E-state index in [1.807, 2.05) is 56.3 Å². The number of hydrogen-bond acceptors (Lipinski definition) is 3. The van der Waals surface area contributed by atoms with Gasteiger partial charge in [0.1, 0.15) is 5.75 Å². The van der Waals surface area contributed by atoms with Crippen molar-refractivity contribution in [2.45, 2.75) is 29.7 Å². The summed E-state index contributed by atoms with van der Waals surface area (Å²) in [5, 5.41) is 0.741. The monoisotopic (exact) mass is 293 g/mol. The molecule has 0 fully saturated rings. The lowest BCUT2D eigenvalue weighted by Gasteiger charge is -2.13. The summed E-state index contributed by atoms with van der Waals surface area (Å²) in [5.74, 6) is 0.731. The van der Waals surface area contributed by atoms with Crippen LogP contribution in [0.1, 0.15) is 13.8 Å². The molecule has 0 atom stereocenters. The van der Waals surface area contributed by atoms with E-state index in [1.165, 1.54) is 0 Å². The summed E-state index contributed by atoms with van der Waals surface area (Å²) in [6, 6.07) is 13.6. The first-order valence-electron chi connectivity index (χ1n) is 6.04. The molecule has 100 valence electrons. The maximum Gasteiger partial charge on any atom is 0.143 e. The molecule has 2 rings (SSSR count). The fourth-order valence-corrected chi connectivity index (χ4v) is 2.55. The minimum Gasteiger partial charge on any atom is -0.489 e. The lowest BCUT2D eigenvalue weighted by Crippen LogP contribution is -2.07. The van der Waals surface area contributed by atoms with Crippen LogP contribution in [0.3, 0.4) is 0 Å². The zero-order chi connectivity index (χ0) is 13.8. The highest BCUT2D eigenvalue weighted by Crippen LogP contribution is 2.33. The SMILES string of the molecule is CC(C)Oc1cc(Sc2ccc(Cl)cc2)ccc1N. The lowest BCUT2D eigenvalue weighted by molar-refractivity contribution is 0.243. The van der Waals surface area contributed by atoms with Crippen molar-refractivity contribution in [3.63, 3.8) is 0 Å². The molecule has 0 aromatic heterocycles. The van der Waals surface area contributed by atoms with Crippen molar-refractivity contribution in [1.82, 2.24) is 0 Å². The summed E-state index contributed by atoms with van der Waals surface area (Å²) < 4.78 is 5.68. The van der Waals surface area contributed by atoms with Crippen LogP contribution in [0.2, 0.25) is 5.02 Å². The largest absolute Gasteiger partial charge is 0.489 e. The Morgan fingerprint density at radius 3 is 2.32 bits per heavy atom. The molecule has 0 heterocycles. The van der Waals surface area contributed by atoms with Crippen LogP contribution in [0.15, 0.2) is 52.3 Å². The molecule has 0 saturated heterocycles. The second kappa shape index (κ2) is 6.22. The molecule has 0 spiro atoms. The molecule has 0 saturated carbocycles. The Morgan fingerprint density at radius 2 is 1.68 bits per heavy atom. The standard InChI is InChI=1S/C15H16ClNOS/c1-10(2)18-15-9-13(7-8-14(15)17)19-12-5-3-11(16)4-6-12/h3-10H,17H2,1-2H3. The van der Waals surface area contributed by atoms with E-state index in [1.54, 1.807) is 11.8 Å². The first-order chi connectivity index (χ1) is 9.04. The van der Waals surface area contributed by atoms with Crippen LogP contribution in [-0.4, -0.2) is 6.10 Å². The second-order valence-corrected chi connectivity index (χ2v) is 6.01. The van der Waals surface area contributed by atoms with Crippen LogP contribution in [0.25, 0.3) is 0 Å². The van der Waals surface area contributed by atoms with E-state index >= 15 is 0 Å². The first kappa shape index (κ1) is 14.1. The minimum atomic E-state index is 0.109. The maximum absolute atomic E-state index is 5.90. The van der Waals surface area contributed by atoms with E-state index < -0.39 is 0 Å². The molecule has 0 amide bonds. The minimum absolute atomic E-state index is 0.109. The predicted octanol–water partition coefficient (Wildman–Crippen LogP) is 4.86. The molecule has 0 radical (unpaired) electrons. The highest BCUT2D eigenvalue weighted by molar-refractivity contribution is 7.99. The number of anilines is 1. The molecule has 2 aromatic carbocycles. The predicted molar refractivity (Wildman–Crippen MR) is 82.2 cm³/mol. The number of halogens is 1. The van der Waals surface area contributed by atoms with Crippen molar-refractivity contribution >= 4 is 29.1 Å². The first-order valence-corrected chi connectivity index (χ1v) is 7.23. The zero-order valence-electron chi connectivity index (χ0n) is 10.9. The number of nitrogens with two attached hydrogens (primary N) is 1. The van der Waals surface area contributed by atoms with E-state index in [2.05, 4.69) is 0 Å². The van der Waals surface area contributed by atoms with E-state index in [9.17, 15) is 0 Å². The molecule has 2 N–H and O–H groups in total. The van der Waals surface area contributed by atoms with Crippen molar-refractivity contribution in [2.75, 3.05) is 5.73 Å². The van der Waals surface area contributed by atoms with Gasteiger partial charge in [-0.25, -0.2) is 0 Å². The fraction of sp³-hybridized carbons (Fsp3) is 0.200. The molecule has 0 aliphatic heterocycles. The van der Waals surface area contributed by atoms with E-state index in [-0.39, 0.29) is 6.10 Å². The number of nitrogen functional groups attached to an aromatic ring is 1. The smallest absolute Gasteiger partial charge is 0.143 e. The van der Waals surface area contributed by atoms with E-state index in [0.29, 0.717) is 5.69 Å². The Labute approximate surface area is 122 Å². The molecule has 19 heavy (non-hydrogen) atoms. The zero-order valence-corrected chi connectivity index (χ0v) is 12.5. The van der Waals surface area contributed by atoms with Crippen LogP contribution in [0, 0.1) is 0 Å². The molecular weight excluding hydrogens is 278 g/mol. The summed E-state index contributed by atoms with van der Waals surface area (Å²) >= 11 is 7.52. The van der Waals surface area contributed by atoms with Crippen LogP contribution >= 0.6 is 23.4 Å². The molecule has 0 bridgehead atoms. The summed E-state index contributed by atoms with van der Waals surface area (Å²) in [7, 11) is 0. The van der Waals surface area contributed by atoms with Gasteiger partial charge >= 0.3 is 0 Å². The number of hydrogen-bond donors (Lipinski definition) is 1. The van der Waals surface area contributed by atoms with Gasteiger partial charge in [-0.15, -0.1) is 0 Å². The van der Waals surface area contributed by atoms with Crippen LogP contribution in [0.4, 0.5) is 5.69 Å². The van der Waals surface area contributed by atoms with E-state index in [0.717, 1.165) is 20.6 Å². The van der Waals surface area contributed by atoms with Crippen molar-refractivity contribution < 1.29 is 4.74 Å². The van der Waals surface area contributed by atoms with Crippen molar-refractivity contribution in [3.05, 3.63) is 47.5 Å². The lowest BCUT2D eigenvalue weighted by atomic mass is 10.3. The number of ether oxygens (including phenoxy) is 1. The van der Waals surface area contributed by atoms with Crippen molar-refractivity contribution in [2.24, 2.45) is 0 Å². The maximum atomic E-state index is 5.90. The van der Waals surface area contributed by atoms with Crippen LogP contribution in [0.5, 0.6) is 5.75 Å². The molecule has 2 nitrogen and oxygen atoms in total. The van der Waals surface area contributed by atoms with E-state index in [4.69, 9.17) is 22.1 Å². The summed E-state index contributed by atoms with van der Waals surface area (Å²) in [5.41, 5.74) is 6.56. The third-order valence-electron chi connectivity index (χ3n) is 2.40. The third kappa shape index (κ3) is 4.08. The summed E-state index contributed by atoms with van der Waals surface area (Å²) in [6.45, 7) is 3.97. The van der Waals surface area contributed by atoms with Crippen LogP contribution in [-0.2, 0) is 0 Å². The van der Waals surface area contributed by atoms with Gasteiger partial charge in [0.2, 0.25) is 0 Å². The summed E-state index contributed by atoms with van der Waals surface area (Å²) in [6.07, 6.45) is 0.109. The normalized spacial score (nSPS) is 10.7. The van der Waals surface area contributed by atoms with Gasteiger partial charge in [0, 0.05) is 14.8 Å². The van der Waals surface area contributed by atoms with Gasteiger partial charge in [0.25, 0.3) is 0 Å². The topological polar surface area (TPSA) is 35.2 Å². The van der Waals surface area contributed by atoms with Gasteiger partial charge in [-0.05, 0) is 56.3 Å². The highest BCUT2D eigenvalue weighted by atomic mass is 35.5. The third-order valence-corrected chi connectivity index (χ3v) is 3.65. The molecule has 0 unspecified atom stereocenters. The molecular formula is C15H16ClNOS. The Morgan fingerprint density at radius 1 is 1.05 bits per heavy atom. The van der Waals surface area contributed by atoms with Gasteiger partial charge in [-0.1, -0.05) is 23.4 Å². The summed E-state index contributed by atoms with van der Waals surface area (Å²) in [4.78, 5) is 2.22. The van der Waals surface area contributed by atoms with Gasteiger partial charge < -0.3 is 10.5 Å². The van der Waals surface area contributed by atoms with Gasteiger partial charge in [0.15, 0.2) is 0 Å². The Hall–Kier alpha value is -1.32. The highest BCUT2D eigenvalue weighted by Gasteiger charge is 2.06. The number of benzene rings is 2. The molecule has 0 aliphatic carbocycles. The Kier molecular flexibility index (Phi) is 4.61. The average Bonchev–Trinajstić information content (AvgIpc) is 2.36. The number of rotatable bonds is 4. The molecule has 4 heteroatoms. The Bertz CT molecular complexity index is 555. The van der Waals surface area contributed by atoms with Gasteiger partial charge in [-0.2, -0.15) is 0 Å². The van der Waals surface area contributed by atoms with Gasteiger partial charge in [0.05, 0.1) is 11.8 Å². The molecule has 2 aromatic rings. The van der Waals surface area contributed by atoms with Crippen LogP contribution < -0.4 is 10.5 Å². The van der Waals surface area contributed by atoms with Crippen molar-refractivity contribution in [3.8, 4) is 5.75 Å². The quantitative estimate of drug-likeness (QED) is 0.818. The fourth-order valence-electron chi connectivity index (χ4n) is 1.57. The van der Waals surface area contributed by atoms with Crippen molar-refractivity contribution in [1.29, 1.82) is 0 Å². The molecule has 0 aliphatic rings. The second-order valence-electron chi connectivity index (χ2n) is 4.42. The van der Waals surface area contributed by atoms with Gasteiger partial charge in [-0.3, -0.25) is 0 Å². The Balaban J connectivity index is 2.18.